The summed E-state index contributed by atoms with van der Waals surface area (Å²) in [6.07, 6.45) is 6.28. The fraction of sp³-hybridized carbons (Fsp3) is 0.550. The first kappa shape index (κ1) is 18.8. The molecule has 0 bridgehead atoms. The highest BCUT2D eigenvalue weighted by Gasteiger charge is 2.41. The topological polar surface area (TPSA) is 79.3 Å². The number of thiazole rings is 1. The molecule has 1 aromatic heterocycles. The van der Waals surface area contributed by atoms with Crippen molar-refractivity contribution >= 4 is 33.4 Å². The van der Waals surface area contributed by atoms with Crippen LogP contribution in [-0.2, 0) is 16.0 Å². The standard InChI is InChI=1S/C20H26N2O3S/c1-20(13-7-6-8-14(20)19(24)25)22-17(23)11-4-5-12-18-21-15-9-2-3-10-16(15)26-18/h2-3,9-10,14H,4-8,11-13H2,1H3,(H,22,23)(H,24,25). The van der Waals surface area contributed by atoms with Crippen LogP contribution in [0.25, 0.3) is 10.2 Å². The SMILES string of the molecule is CC1(NC(=O)CCCCc2nc3ccccc3s2)CCCCC1C(=O)O. The number of carboxylic acids is 1. The Labute approximate surface area is 157 Å². The molecule has 0 radical (unpaired) electrons. The summed E-state index contributed by atoms with van der Waals surface area (Å²) in [6, 6.07) is 8.11. The number of nitrogens with one attached hydrogen (secondary N) is 1. The number of unbranched alkanes of at least 4 members (excludes halogenated alkanes) is 1. The number of carbonyl (C=O) groups is 2. The first-order valence-electron chi connectivity index (χ1n) is 9.36. The molecule has 0 saturated heterocycles. The molecule has 2 N–H and O–H groups in total. The normalized spacial score (nSPS) is 23.0. The van der Waals surface area contributed by atoms with Gasteiger partial charge in [-0.3, -0.25) is 9.59 Å². The van der Waals surface area contributed by atoms with Crippen molar-refractivity contribution in [1.29, 1.82) is 0 Å². The van der Waals surface area contributed by atoms with Crippen molar-refractivity contribution in [2.75, 3.05) is 0 Å². The third kappa shape index (κ3) is 4.41. The Morgan fingerprint density at radius 1 is 1.31 bits per heavy atom. The second-order valence-corrected chi connectivity index (χ2v) is 8.50. The Kier molecular flexibility index (Phi) is 5.91. The number of para-hydroxylation sites is 1. The molecule has 1 amide bonds. The van der Waals surface area contributed by atoms with Crippen LogP contribution in [0.1, 0.15) is 56.9 Å². The molecular formula is C20H26N2O3S. The van der Waals surface area contributed by atoms with E-state index in [0.29, 0.717) is 12.8 Å². The summed E-state index contributed by atoms with van der Waals surface area (Å²) in [7, 11) is 0. The number of benzene rings is 1. The summed E-state index contributed by atoms with van der Waals surface area (Å²) in [5.41, 5.74) is 0.420. The molecule has 1 aliphatic carbocycles. The Balaban J connectivity index is 1.45. The van der Waals surface area contributed by atoms with Crippen LogP contribution in [0.15, 0.2) is 24.3 Å². The molecule has 2 aromatic rings. The van der Waals surface area contributed by atoms with Crippen molar-refractivity contribution < 1.29 is 14.7 Å². The van der Waals surface area contributed by atoms with Gasteiger partial charge in [0.15, 0.2) is 0 Å². The highest BCUT2D eigenvalue weighted by atomic mass is 32.1. The zero-order valence-corrected chi connectivity index (χ0v) is 16.0. The van der Waals surface area contributed by atoms with Crippen molar-refractivity contribution in [3.8, 4) is 0 Å². The van der Waals surface area contributed by atoms with Gasteiger partial charge in [-0.25, -0.2) is 4.98 Å². The van der Waals surface area contributed by atoms with E-state index in [-0.39, 0.29) is 5.91 Å². The minimum atomic E-state index is -0.802. The van der Waals surface area contributed by atoms with Gasteiger partial charge in [-0.1, -0.05) is 25.0 Å². The number of aliphatic carboxylic acids is 1. The van der Waals surface area contributed by atoms with Gasteiger partial charge in [0.2, 0.25) is 5.91 Å². The minimum absolute atomic E-state index is 0.0371. The Hall–Kier alpha value is -1.95. The summed E-state index contributed by atoms with van der Waals surface area (Å²) in [4.78, 5) is 28.4. The van der Waals surface area contributed by atoms with Crippen LogP contribution in [0.3, 0.4) is 0 Å². The Bertz CT molecular complexity index is 755. The molecular weight excluding hydrogens is 348 g/mol. The summed E-state index contributed by atoms with van der Waals surface area (Å²) in [6.45, 7) is 1.88. The summed E-state index contributed by atoms with van der Waals surface area (Å²) >= 11 is 1.71. The minimum Gasteiger partial charge on any atom is -0.481 e. The first-order valence-corrected chi connectivity index (χ1v) is 10.2. The number of carboxylic acid groups (broad SMARTS) is 1. The number of fused-ring (bicyclic) bond motifs is 1. The van der Waals surface area contributed by atoms with Gasteiger partial charge in [-0.15, -0.1) is 11.3 Å². The number of nitrogens with zero attached hydrogens (tertiary/aromatic N) is 1. The van der Waals surface area contributed by atoms with Gasteiger partial charge < -0.3 is 10.4 Å². The lowest BCUT2D eigenvalue weighted by molar-refractivity contribution is -0.146. The lowest BCUT2D eigenvalue weighted by Crippen LogP contribution is -2.55. The largest absolute Gasteiger partial charge is 0.481 e. The first-order chi connectivity index (χ1) is 12.5. The molecule has 1 saturated carbocycles. The van der Waals surface area contributed by atoms with Crippen LogP contribution in [-0.4, -0.2) is 27.5 Å². The fourth-order valence-electron chi connectivity index (χ4n) is 3.85. The number of carbonyl (C=O) groups excluding carboxylic acids is 1. The molecule has 2 atom stereocenters. The van der Waals surface area contributed by atoms with Crippen LogP contribution in [0, 0.1) is 5.92 Å². The number of rotatable bonds is 7. The third-order valence-corrected chi connectivity index (χ3v) is 6.41. The van der Waals surface area contributed by atoms with Crippen LogP contribution in [0.4, 0.5) is 0 Å². The van der Waals surface area contributed by atoms with E-state index in [1.54, 1.807) is 11.3 Å². The Morgan fingerprint density at radius 2 is 2.12 bits per heavy atom. The van der Waals surface area contributed by atoms with Gasteiger partial charge in [-0.05, 0) is 51.2 Å². The predicted octanol–water partition coefficient (Wildman–Crippen LogP) is 4.16. The second-order valence-electron chi connectivity index (χ2n) is 7.38. The van der Waals surface area contributed by atoms with Gasteiger partial charge in [0.25, 0.3) is 0 Å². The van der Waals surface area contributed by atoms with Crippen molar-refractivity contribution in [2.24, 2.45) is 5.92 Å². The second kappa shape index (κ2) is 8.16. The van der Waals surface area contributed by atoms with Crippen LogP contribution < -0.4 is 5.32 Å². The number of amides is 1. The molecule has 140 valence electrons. The van der Waals surface area contributed by atoms with Crippen molar-refractivity contribution in [3.63, 3.8) is 0 Å². The van der Waals surface area contributed by atoms with Crippen LogP contribution in [0.5, 0.6) is 0 Å². The molecule has 1 fully saturated rings. The number of aromatic nitrogens is 1. The van der Waals surface area contributed by atoms with Gasteiger partial charge in [-0.2, -0.15) is 0 Å². The zero-order valence-electron chi connectivity index (χ0n) is 15.2. The van der Waals surface area contributed by atoms with E-state index >= 15 is 0 Å². The highest BCUT2D eigenvalue weighted by molar-refractivity contribution is 7.18. The summed E-state index contributed by atoms with van der Waals surface area (Å²) < 4.78 is 1.20. The molecule has 3 rings (SSSR count). The van der Waals surface area contributed by atoms with E-state index in [9.17, 15) is 14.7 Å². The summed E-state index contributed by atoms with van der Waals surface area (Å²) in [5, 5.41) is 13.6. The predicted molar refractivity (Wildman–Crippen MR) is 103 cm³/mol. The van der Waals surface area contributed by atoms with Gasteiger partial charge in [0.1, 0.15) is 0 Å². The van der Waals surface area contributed by atoms with E-state index < -0.39 is 17.4 Å². The van der Waals surface area contributed by atoms with E-state index in [1.807, 2.05) is 25.1 Å². The number of aryl methyl sites for hydroxylation is 1. The maximum Gasteiger partial charge on any atom is 0.308 e. The lowest BCUT2D eigenvalue weighted by atomic mass is 9.74. The average Bonchev–Trinajstić information content (AvgIpc) is 3.01. The lowest BCUT2D eigenvalue weighted by Gasteiger charge is -2.39. The molecule has 1 aliphatic rings. The summed E-state index contributed by atoms with van der Waals surface area (Å²) in [5.74, 6) is -1.32. The van der Waals surface area contributed by atoms with Crippen molar-refractivity contribution in [1.82, 2.24) is 10.3 Å². The molecule has 0 aliphatic heterocycles. The average molecular weight is 375 g/mol. The smallest absolute Gasteiger partial charge is 0.308 e. The zero-order chi connectivity index (χ0) is 18.6. The van der Waals surface area contributed by atoms with Gasteiger partial charge in [0, 0.05) is 6.42 Å². The van der Waals surface area contributed by atoms with Gasteiger partial charge >= 0.3 is 5.97 Å². The van der Waals surface area contributed by atoms with E-state index in [2.05, 4.69) is 16.4 Å². The van der Waals surface area contributed by atoms with Crippen LogP contribution >= 0.6 is 11.3 Å². The van der Waals surface area contributed by atoms with E-state index in [4.69, 9.17) is 0 Å². The molecule has 2 unspecified atom stereocenters. The van der Waals surface area contributed by atoms with E-state index in [0.717, 1.165) is 49.0 Å². The van der Waals surface area contributed by atoms with Gasteiger partial charge in [0.05, 0.1) is 26.7 Å². The monoisotopic (exact) mass is 374 g/mol. The van der Waals surface area contributed by atoms with Crippen LogP contribution in [0.2, 0.25) is 0 Å². The maximum absolute atomic E-state index is 12.3. The third-order valence-electron chi connectivity index (χ3n) is 5.31. The number of hydrogen-bond acceptors (Lipinski definition) is 4. The fourth-order valence-corrected chi connectivity index (χ4v) is 4.86. The Morgan fingerprint density at radius 3 is 2.88 bits per heavy atom. The maximum atomic E-state index is 12.3. The highest BCUT2D eigenvalue weighted by Crippen LogP contribution is 2.34. The molecule has 0 spiro atoms. The molecule has 6 heteroatoms. The molecule has 1 heterocycles. The quantitative estimate of drug-likeness (QED) is 0.713. The molecule has 26 heavy (non-hydrogen) atoms. The molecule has 1 aromatic carbocycles. The van der Waals surface area contributed by atoms with Crippen molar-refractivity contribution in [3.05, 3.63) is 29.3 Å². The van der Waals surface area contributed by atoms with E-state index in [1.165, 1.54) is 4.70 Å². The van der Waals surface area contributed by atoms with Crippen molar-refractivity contribution in [2.45, 2.75) is 63.8 Å². The molecule has 5 nitrogen and oxygen atoms in total. The number of hydrogen-bond donors (Lipinski definition) is 2.